The highest BCUT2D eigenvalue weighted by molar-refractivity contribution is 7.11. The van der Waals surface area contributed by atoms with Crippen LogP contribution in [0.1, 0.15) is 36.7 Å². The molecule has 1 heterocycles. The molecule has 1 unspecified atom stereocenters. The Morgan fingerprint density at radius 2 is 2.20 bits per heavy atom. The number of hydrogen-bond donors (Lipinski definition) is 2. The van der Waals surface area contributed by atoms with Gasteiger partial charge in [0.25, 0.3) is 0 Å². The van der Waals surface area contributed by atoms with E-state index in [-0.39, 0.29) is 5.54 Å². The maximum Gasteiger partial charge on any atom is 0.109 e. The molecule has 1 aromatic heterocycles. The third-order valence-corrected chi connectivity index (χ3v) is 3.63. The van der Waals surface area contributed by atoms with Crippen LogP contribution in [0.5, 0.6) is 0 Å². The van der Waals surface area contributed by atoms with Crippen molar-refractivity contribution < 1.29 is 0 Å². The van der Waals surface area contributed by atoms with Gasteiger partial charge in [-0.15, -0.1) is 11.3 Å². The third-order valence-electron chi connectivity index (χ3n) is 2.54. The van der Waals surface area contributed by atoms with Crippen LogP contribution < -0.4 is 10.6 Å². The predicted octanol–water partition coefficient (Wildman–Crippen LogP) is 2.10. The molecule has 86 valence electrons. The maximum absolute atomic E-state index is 4.38. The van der Waals surface area contributed by atoms with Crippen molar-refractivity contribution in [2.75, 3.05) is 13.6 Å². The van der Waals surface area contributed by atoms with E-state index in [1.54, 1.807) is 11.3 Å². The lowest BCUT2D eigenvalue weighted by molar-refractivity contribution is 0.374. The molecule has 0 aliphatic carbocycles. The lowest BCUT2D eigenvalue weighted by Crippen LogP contribution is -2.46. The Balaban J connectivity index is 2.46. The summed E-state index contributed by atoms with van der Waals surface area (Å²) in [7, 11) is 1.99. The number of hydrogen-bond acceptors (Lipinski definition) is 4. The van der Waals surface area contributed by atoms with Gasteiger partial charge < -0.3 is 10.6 Å². The Kier molecular flexibility index (Phi) is 4.25. The number of rotatable bonds is 5. The average molecular weight is 227 g/mol. The molecule has 4 heteroatoms. The quantitative estimate of drug-likeness (QED) is 0.809. The van der Waals surface area contributed by atoms with Crippen molar-refractivity contribution in [1.82, 2.24) is 15.6 Å². The van der Waals surface area contributed by atoms with Gasteiger partial charge in [0.2, 0.25) is 0 Å². The Hall–Kier alpha value is -0.450. The Bertz CT molecular complexity index is 307. The van der Waals surface area contributed by atoms with E-state index in [4.69, 9.17) is 0 Å². The van der Waals surface area contributed by atoms with Crippen molar-refractivity contribution in [3.63, 3.8) is 0 Å². The largest absolute Gasteiger partial charge is 0.314 e. The zero-order valence-corrected chi connectivity index (χ0v) is 11.0. The predicted molar refractivity (Wildman–Crippen MR) is 66.4 cm³/mol. The van der Waals surface area contributed by atoms with E-state index in [0.717, 1.165) is 6.54 Å². The molecule has 0 radical (unpaired) electrons. The fraction of sp³-hybridized carbons (Fsp3) is 0.727. The highest BCUT2D eigenvalue weighted by Crippen LogP contribution is 2.19. The van der Waals surface area contributed by atoms with Crippen LogP contribution in [0.15, 0.2) is 6.20 Å². The first-order valence-corrected chi connectivity index (χ1v) is 6.11. The molecule has 3 nitrogen and oxygen atoms in total. The van der Waals surface area contributed by atoms with Crippen LogP contribution in [0.4, 0.5) is 0 Å². The number of aryl methyl sites for hydroxylation is 1. The number of thiazole rings is 1. The fourth-order valence-electron chi connectivity index (χ4n) is 1.16. The first kappa shape index (κ1) is 12.6. The van der Waals surface area contributed by atoms with Gasteiger partial charge in [-0.1, -0.05) is 0 Å². The van der Waals surface area contributed by atoms with Crippen molar-refractivity contribution in [2.24, 2.45) is 0 Å². The number of aromatic nitrogens is 1. The van der Waals surface area contributed by atoms with Crippen LogP contribution in [-0.4, -0.2) is 24.1 Å². The summed E-state index contributed by atoms with van der Waals surface area (Å²) in [6.45, 7) is 9.54. The molecule has 0 amide bonds. The van der Waals surface area contributed by atoms with Gasteiger partial charge in [-0.2, -0.15) is 0 Å². The molecule has 1 aromatic rings. The molecule has 0 aliphatic rings. The number of nitrogens with zero attached hydrogens (tertiary/aromatic N) is 1. The normalized spacial score (nSPS) is 14.2. The van der Waals surface area contributed by atoms with Gasteiger partial charge in [-0.05, 0) is 34.7 Å². The molecule has 0 spiro atoms. The monoisotopic (exact) mass is 227 g/mol. The molecule has 0 aromatic carbocycles. The van der Waals surface area contributed by atoms with Crippen LogP contribution in [-0.2, 0) is 0 Å². The fourth-order valence-corrected chi connectivity index (χ4v) is 1.96. The summed E-state index contributed by atoms with van der Waals surface area (Å²) in [5.74, 6) is 0. The van der Waals surface area contributed by atoms with E-state index in [1.165, 1.54) is 9.88 Å². The molecule has 0 saturated carbocycles. The van der Waals surface area contributed by atoms with Crippen molar-refractivity contribution in [1.29, 1.82) is 0 Å². The zero-order valence-electron chi connectivity index (χ0n) is 10.2. The minimum atomic E-state index is 0.126. The second-order valence-electron chi connectivity index (χ2n) is 4.55. The molecule has 0 aliphatic heterocycles. The van der Waals surface area contributed by atoms with Crippen LogP contribution in [0, 0.1) is 6.92 Å². The molecule has 0 fully saturated rings. The highest BCUT2D eigenvalue weighted by atomic mass is 32.1. The standard InChI is InChI=1S/C11H21N3S/c1-8-6-13-10(15-8)9(2)14-7-11(3,4)12-5/h6,9,12,14H,7H2,1-5H3. The molecule has 15 heavy (non-hydrogen) atoms. The highest BCUT2D eigenvalue weighted by Gasteiger charge is 2.17. The third kappa shape index (κ3) is 3.89. The summed E-state index contributed by atoms with van der Waals surface area (Å²) in [6.07, 6.45) is 1.93. The van der Waals surface area contributed by atoms with Crippen LogP contribution in [0.25, 0.3) is 0 Å². The van der Waals surface area contributed by atoms with Crippen molar-refractivity contribution in [3.05, 3.63) is 16.1 Å². The molecular weight excluding hydrogens is 206 g/mol. The summed E-state index contributed by atoms with van der Waals surface area (Å²) >= 11 is 1.76. The van der Waals surface area contributed by atoms with Crippen LogP contribution in [0.2, 0.25) is 0 Å². The second-order valence-corrected chi connectivity index (χ2v) is 5.81. The SMILES string of the molecule is CNC(C)(C)CNC(C)c1ncc(C)s1. The van der Waals surface area contributed by atoms with E-state index in [2.05, 4.69) is 43.3 Å². The topological polar surface area (TPSA) is 37.0 Å². The molecule has 0 bridgehead atoms. The molecule has 1 atom stereocenters. The lowest BCUT2D eigenvalue weighted by atomic mass is 10.1. The minimum absolute atomic E-state index is 0.126. The van der Waals surface area contributed by atoms with Crippen LogP contribution >= 0.6 is 11.3 Å². The van der Waals surface area contributed by atoms with E-state index in [1.807, 2.05) is 13.2 Å². The van der Waals surface area contributed by atoms with E-state index in [0.29, 0.717) is 6.04 Å². The summed E-state index contributed by atoms with van der Waals surface area (Å²) in [6, 6.07) is 0.330. The average Bonchev–Trinajstić information content (AvgIpc) is 2.61. The molecule has 1 rings (SSSR count). The van der Waals surface area contributed by atoms with Crippen molar-refractivity contribution in [3.8, 4) is 0 Å². The zero-order chi connectivity index (χ0) is 11.5. The minimum Gasteiger partial charge on any atom is -0.314 e. The summed E-state index contributed by atoms with van der Waals surface area (Å²) < 4.78 is 0. The summed E-state index contributed by atoms with van der Waals surface area (Å²) in [5.41, 5.74) is 0.126. The second kappa shape index (κ2) is 5.05. The van der Waals surface area contributed by atoms with Gasteiger partial charge in [-0.3, -0.25) is 0 Å². The van der Waals surface area contributed by atoms with Gasteiger partial charge in [-0.25, -0.2) is 4.98 Å². The van der Waals surface area contributed by atoms with Gasteiger partial charge in [0.1, 0.15) is 5.01 Å². The smallest absolute Gasteiger partial charge is 0.109 e. The number of nitrogens with one attached hydrogen (secondary N) is 2. The van der Waals surface area contributed by atoms with Gasteiger partial charge in [0, 0.05) is 23.2 Å². The Morgan fingerprint density at radius 1 is 1.53 bits per heavy atom. The summed E-state index contributed by atoms with van der Waals surface area (Å²) in [5, 5.41) is 7.93. The molecule has 0 saturated heterocycles. The molecule has 2 N–H and O–H groups in total. The van der Waals surface area contributed by atoms with Gasteiger partial charge in [0.05, 0.1) is 6.04 Å². The first-order chi connectivity index (χ1) is 6.94. The van der Waals surface area contributed by atoms with E-state index < -0.39 is 0 Å². The Labute approximate surface area is 96.3 Å². The first-order valence-electron chi connectivity index (χ1n) is 5.29. The van der Waals surface area contributed by atoms with Crippen molar-refractivity contribution in [2.45, 2.75) is 39.3 Å². The van der Waals surface area contributed by atoms with E-state index >= 15 is 0 Å². The van der Waals surface area contributed by atoms with E-state index in [9.17, 15) is 0 Å². The lowest BCUT2D eigenvalue weighted by Gasteiger charge is -2.26. The van der Waals surface area contributed by atoms with Crippen molar-refractivity contribution >= 4 is 11.3 Å². The van der Waals surface area contributed by atoms with Gasteiger partial charge in [0.15, 0.2) is 0 Å². The number of likely N-dealkylation sites (N-methyl/N-ethyl adjacent to an activating group) is 1. The maximum atomic E-state index is 4.38. The van der Waals surface area contributed by atoms with Crippen LogP contribution in [0.3, 0.4) is 0 Å². The molecular formula is C11H21N3S. The van der Waals surface area contributed by atoms with Gasteiger partial charge >= 0.3 is 0 Å². The summed E-state index contributed by atoms with van der Waals surface area (Å²) in [4.78, 5) is 5.65. The Morgan fingerprint density at radius 3 is 2.67 bits per heavy atom.